The summed E-state index contributed by atoms with van der Waals surface area (Å²) >= 11 is 0. The Balaban J connectivity index is 1.58. The number of piperidine rings is 1. The van der Waals surface area contributed by atoms with Crippen molar-refractivity contribution >= 4 is 21.6 Å². The van der Waals surface area contributed by atoms with Crippen molar-refractivity contribution in [2.75, 3.05) is 24.7 Å². The minimum absolute atomic E-state index is 0.0470. The number of carbonyl (C=O) groups is 1. The van der Waals surface area contributed by atoms with Crippen molar-refractivity contribution in [1.82, 2.24) is 9.88 Å². The van der Waals surface area contributed by atoms with Crippen molar-refractivity contribution in [3.63, 3.8) is 0 Å². The van der Waals surface area contributed by atoms with Gasteiger partial charge in [0, 0.05) is 31.6 Å². The highest BCUT2D eigenvalue weighted by atomic mass is 32.2. The van der Waals surface area contributed by atoms with Crippen LogP contribution < -0.4 is 5.32 Å². The highest BCUT2D eigenvalue weighted by molar-refractivity contribution is 7.91. The second-order valence-corrected chi connectivity index (χ2v) is 10.2. The number of likely N-dealkylation sites (tertiary alicyclic amines) is 1. The van der Waals surface area contributed by atoms with Crippen LogP contribution in [-0.4, -0.2) is 54.8 Å². The van der Waals surface area contributed by atoms with E-state index < -0.39 is 9.84 Å². The predicted molar refractivity (Wildman–Crippen MR) is 103 cm³/mol. The zero-order chi connectivity index (χ0) is 18.7. The van der Waals surface area contributed by atoms with Gasteiger partial charge in [-0.15, -0.1) is 0 Å². The SMILES string of the molecule is CC1CCN(C(=O)c2ccc(NC3CCCC(S(C)(=O)=O)C3)nc2)CC1. The molecule has 2 atom stereocenters. The average molecular weight is 380 g/mol. The van der Waals surface area contributed by atoms with Crippen molar-refractivity contribution in [3.05, 3.63) is 23.9 Å². The van der Waals surface area contributed by atoms with Crippen LogP contribution in [0.1, 0.15) is 55.8 Å². The number of hydrogen-bond donors (Lipinski definition) is 1. The molecule has 6 nitrogen and oxygen atoms in total. The molecule has 1 N–H and O–H groups in total. The second kappa shape index (κ2) is 7.94. The molecule has 1 aliphatic carbocycles. The fourth-order valence-corrected chi connectivity index (χ4v) is 5.05. The Hall–Kier alpha value is -1.63. The zero-order valence-electron chi connectivity index (χ0n) is 15.6. The van der Waals surface area contributed by atoms with Gasteiger partial charge in [0.2, 0.25) is 0 Å². The van der Waals surface area contributed by atoms with E-state index in [-0.39, 0.29) is 17.2 Å². The highest BCUT2D eigenvalue weighted by Gasteiger charge is 2.29. The van der Waals surface area contributed by atoms with E-state index in [1.807, 2.05) is 17.0 Å². The van der Waals surface area contributed by atoms with Crippen molar-refractivity contribution in [2.24, 2.45) is 5.92 Å². The lowest BCUT2D eigenvalue weighted by molar-refractivity contribution is 0.0697. The lowest BCUT2D eigenvalue weighted by Gasteiger charge is -2.30. The first-order chi connectivity index (χ1) is 12.3. The van der Waals surface area contributed by atoms with Gasteiger partial charge < -0.3 is 10.2 Å². The Morgan fingerprint density at radius 3 is 2.54 bits per heavy atom. The fourth-order valence-electron chi connectivity index (χ4n) is 3.87. The van der Waals surface area contributed by atoms with E-state index in [9.17, 15) is 13.2 Å². The molecule has 144 valence electrons. The first-order valence-corrected chi connectivity index (χ1v) is 11.5. The third-order valence-corrected chi connectivity index (χ3v) is 7.30. The van der Waals surface area contributed by atoms with Gasteiger partial charge in [-0.05, 0) is 50.2 Å². The number of aromatic nitrogens is 1. The third-order valence-electron chi connectivity index (χ3n) is 5.66. The monoisotopic (exact) mass is 379 g/mol. The van der Waals surface area contributed by atoms with Crippen LogP contribution in [0.3, 0.4) is 0 Å². The van der Waals surface area contributed by atoms with Gasteiger partial charge in [-0.3, -0.25) is 4.79 Å². The summed E-state index contributed by atoms with van der Waals surface area (Å²) in [4.78, 5) is 18.8. The lowest BCUT2D eigenvalue weighted by Crippen LogP contribution is -2.38. The maximum absolute atomic E-state index is 12.6. The Labute approximate surface area is 156 Å². The molecule has 2 aliphatic rings. The van der Waals surface area contributed by atoms with E-state index in [2.05, 4.69) is 17.2 Å². The third kappa shape index (κ3) is 4.75. The second-order valence-electron chi connectivity index (χ2n) is 7.87. The van der Waals surface area contributed by atoms with Crippen LogP contribution in [-0.2, 0) is 9.84 Å². The molecular weight excluding hydrogens is 350 g/mol. The van der Waals surface area contributed by atoms with Crippen LogP contribution in [0, 0.1) is 5.92 Å². The summed E-state index contributed by atoms with van der Waals surface area (Å²) in [7, 11) is -3.00. The molecule has 0 bridgehead atoms. The Morgan fingerprint density at radius 2 is 1.92 bits per heavy atom. The molecule has 0 spiro atoms. The van der Waals surface area contributed by atoms with E-state index in [1.54, 1.807) is 6.20 Å². The molecular formula is C19H29N3O3S. The largest absolute Gasteiger partial charge is 0.367 e. The van der Waals surface area contributed by atoms with Gasteiger partial charge in [0.1, 0.15) is 15.7 Å². The van der Waals surface area contributed by atoms with Gasteiger partial charge in [0.15, 0.2) is 0 Å². The molecule has 3 rings (SSSR count). The van der Waals surface area contributed by atoms with Gasteiger partial charge in [0.05, 0.1) is 10.8 Å². The molecule has 1 saturated carbocycles. The number of hydrogen-bond acceptors (Lipinski definition) is 5. The van der Waals surface area contributed by atoms with Crippen molar-refractivity contribution in [1.29, 1.82) is 0 Å². The molecule has 2 fully saturated rings. The smallest absolute Gasteiger partial charge is 0.255 e. The lowest BCUT2D eigenvalue weighted by atomic mass is 9.95. The van der Waals surface area contributed by atoms with Crippen LogP contribution in [0.15, 0.2) is 18.3 Å². The van der Waals surface area contributed by atoms with Crippen molar-refractivity contribution in [2.45, 2.75) is 56.7 Å². The molecule has 1 aliphatic heterocycles. The van der Waals surface area contributed by atoms with E-state index in [1.165, 1.54) is 6.26 Å². The normalized spacial score (nSPS) is 25.1. The Kier molecular flexibility index (Phi) is 5.85. The minimum Gasteiger partial charge on any atom is -0.367 e. The summed E-state index contributed by atoms with van der Waals surface area (Å²) in [6.07, 6.45) is 8.27. The summed E-state index contributed by atoms with van der Waals surface area (Å²) in [5.74, 6) is 1.44. The van der Waals surface area contributed by atoms with Crippen LogP contribution >= 0.6 is 0 Å². The topological polar surface area (TPSA) is 79.4 Å². The van der Waals surface area contributed by atoms with Gasteiger partial charge in [-0.2, -0.15) is 0 Å². The summed E-state index contributed by atoms with van der Waals surface area (Å²) < 4.78 is 23.6. The molecule has 0 aromatic carbocycles. The molecule has 2 heterocycles. The number of anilines is 1. The molecule has 26 heavy (non-hydrogen) atoms. The number of nitrogens with one attached hydrogen (secondary N) is 1. The summed E-state index contributed by atoms with van der Waals surface area (Å²) in [6, 6.07) is 3.75. The van der Waals surface area contributed by atoms with Gasteiger partial charge in [0.25, 0.3) is 5.91 Å². The van der Waals surface area contributed by atoms with Crippen molar-refractivity contribution in [3.8, 4) is 0 Å². The highest BCUT2D eigenvalue weighted by Crippen LogP contribution is 2.26. The minimum atomic E-state index is -3.00. The summed E-state index contributed by atoms with van der Waals surface area (Å²) in [5, 5.41) is 3.07. The van der Waals surface area contributed by atoms with Gasteiger partial charge >= 0.3 is 0 Å². The molecule has 1 aromatic rings. The molecule has 1 amide bonds. The number of carbonyl (C=O) groups excluding carboxylic acids is 1. The predicted octanol–water partition coefficient (Wildman–Crippen LogP) is 2.72. The summed E-state index contributed by atoms with van der Waals surface area (Å²) in [5.41, 5.74) is 0.614. The number of amides is 1. The molecule has 7 heteroatoms. The Morgan fingerprint density at radius 1 is 1.19 bits per heavy atom. The number of rotatable bonds is 4. The molecule has 2 unspecified atom stereocenters. The molecule has 1 saturated heterocycles. The molecule has 0 radical (unpaired) electrons. The van der Waals surface area contributed by atoms with Crippen LogP contribution in [0.5, 0.6) is 0 Å². The first kappa shape index (κ1) is 19.1. The maximum atomic E-state index is 12.6. The standard InChI is InChI=1S/C19H29N3O3S/c1-14-8-10-22(11-9-14)19(23)15-6-7-18(20-13-15)21-16-4-3-5-17(12-16)26(2,24)25/h6-7,13-14,16-17H,3-5,8-12H2,1-2H3,(H,20,21). The number of sulfone groups is 1. The Bertz CT molecular complexity index is 725. The van der Waals surface area contributed by atoms with Crippen LogP contribution in [0.4, 0.5) is 5.82 Å². The van der Waals surface area contributed by atoms with Crippen LogP contribution in [0.25, 0.3) is 0 Å². The number of nitrogens with zero attached hydrogens (tertiary/aromatic N) is 2. The van der Waals surface area contributed by atoms with Gasteiger partial charge in [-0.1, -0.05) is 13.3 Å². The molecule has 1 aromatic heterocycles. The van der Waals surface area contributed by atoms with E-state index in [4.69, 9.17) is 0 Å². The van der Waals surface area contributed by atoms with E-state index >= 15 is 0 Å². The quantitative estimate of drug-likeness (QED) is 0.870. The van der Waals surface area contributed by atoms with Crippen LogP contribution in [0.2, 0.25) is 0 Å². The number of pyridine rings is 1. The maximum Gasteiger partial charge on any atom is 0.255 e. The fraction of sp³-hybridized carbons (Fsp3) is 0.684. The van der Waals surface area contributed by atoms with Gasteiger partial charge in [-0.25, -0.2) is 13.4 Å². The van der Waals surface area contributed by atoms with Crippen molar-refractivity contribution < 1.29 is 13.2 Å². The van der Waals surface area contributed by atoms with E-state index in [0.717, 1.165) is 45.2 Å². The zero-order valence-corrected chi connectivity index (χ0v) is 16.5. The summed E-state index contributed by atoms with van der Waals surface area (Å²) in [6.45, 7) is 3.85. The average Bonchev–Trinajstić information content (AvgIpc) is 2.62. The van der Waals surface area contributed by atoms with E-state index in [0.29, 0.717) is 23.7 Å². The first-order valence-electron chi connectivity index (χ1n) is 9.53.